The fourth-order valence-corrected chi connectivity index (χ4v) is 1.46. The van der Waals surface area contributed by atoms with E-state index in [-0.39, 0.29) is 0 Å². The van der Waals surface area contributed by atoms with Gasteiger partial charge < -0.3 is 14.6 Å². The maximum absolute atomic E-state index is 5.19. The summed E-state index contributed by atoms with van der Waals surface area (Å²) in [6.07, 6.45) is 0. The summed E-state index contributed by atoms with van der Waals surface area (Å²) in [5.74, 6) is 1.41. The standard InChI is InChI=1S/C11H13N3O2/c1-7-6-8(4-5-9(7)15-3)10-13-11(12-2)16-14-10/h4-6H,1-3H3,(H,12,13,14). The van der Waals surface area contributed by atoms with E-state index in [0.29, 0.717) is 11.8 Å². The van der Waals surface area contributed by atoms with Crippen LogP contribution in [0.5, 0.6) is 5.75 Å². The first kappa shape index (κ1) is 10.5. The number of methoxy groups -OCH3 is 1. The van der Waals surface area contributed by atoms with Crippen molar-refractivity contribution >= 4 is 6.01 Å². The molecule has 16 heavy (non-hydrogen) atoms. The molecule has 84 valence electrons. The Balaban J connectivity index is 2.37. The van der Waals surface area contributed by atoms with Gasteiger partial charge in [-0.25, -0.2) is 0 Å². The molecule has 2 rings (SSSR count). The third kappa shape index (κ3) is 1.84. The lowest BCUT2D eigenvalue weighted by molar-refractivity contribution is 0.411. The summed E-state index contributed by atoms with van der Waals surface area (Å²) in [6.45, 7) is 1.97. The monoisotopic (exact) mass is 219 g/mol. The molecule has 0 saturated heterocycles. The molecule has 0 saturated carbocycles. The minimum atomic E-state index is 0.406. The Labute approximate surface area is 93.4 Å². The summed E-state index contributed by atoms with van der Waals surface area (Å²) in [6, 6.07) is 6.16. The van der Waals surface area contributed by atoms with E-state index in [1.165, 1.54) is 0 Å². The van der Waals surface area contributed by atoms with Crippen molar-refractivity contribution in [1.29, 1.82) is 0 Å². The number of hydrogen-bond donors (Lipinski definition) is 1. The van der Waals surface area contributed by atoms with Gasteiger partial charge in [-0.15, -0.1) is 0 Å². The van der Waals surface area contributed by atoms with E-state index in [1.807, 2.05) is 25.1 Å². The van der Waals surface area contributed by atoms with E-state index >= 15 is 0 Å². The van der Waals surface area contributed by atoms with Crippen molar-refractivity contribution in [2.75, 3.05) is 19.5 Å². The zero-order valence-corrected chi connectivity index (χ0v) is 9.44. The lowest BCUT2D eigenvalue weighted by Crippen LogP contribution is -1.89. The molecule has 0 atom stereocenters. The highest BCUT2D eigenvalue weighted by Gasteiger charge is 2.08. The Kier molecular flexibility index (Phi) is 2.76. The maximum Gasteiger partial charge on any atom is 0.321 e. The minimum absolute atomic E-state index is 0.406. The van der Waals surface area contributed by atoms with Crippen LogP contribution in [0.1, 0.15) is 5.56 Å². The fraction of sp³-hybridized carbons (Fsp3) is 0.273. The molecule has 5 nitrogen and oxygen atoms in total. The Morgan fingerprint density at radius 1 is 1.38 bits per heavy atom. The van der Waals surface area contributed by atoms with Gasteiger partial charge in [0.1, 0.15) is 5.75 Å². The molecule has 1 heterocycles. The van der Waals surface area contributed by atoms with Crippen molar-refractivity contribution < 1.29 is 9.26 Å². The molecule has 1 aromatic heterocycles. The molecule has 0 bridgehead atoms. The van der Waals surface area contributed by atoms with Gasteiger partial charge in [0.2, 0.25) is 5.82 Å². The summed E-state index contributed by atoms with van der Waals surface area (Å²) in [7, 11) is 3.38. The number of ether oxygens (including phenoxy) is 1. The summed E-state index contributed by atoms with van der Waals surface area (Å²) >= 11 is 0. The van der Waals surface area contributed by atoms with Gasteiger partial charge in [-0.05, 0) is 30.7 Å². The molecule has 0 unspecified atom stereocenters. The van der Waals surface area contributed by atoms with Crippen molar-refractivity contribution in [2.24, 2.45) is 0 Å². The minimum Gasteiger partial charge on any atom is -0.496 e. The summed E-state index contributed by atoms with van der Waals surface area (Å²) in [5, 5.41) is 6.65. The van der Waals surface area contributed by atoms with Crippen LogP contribution in [0.2, 0.25) is 0 Å². The lowest BCUT2D eigenvalue weighted by atomic mass is 10.1. The predicted molar refractivity (Wildman–Crippen MR) is 60.6 cm³/mol. The second-order valence-electron chi connectivity index (χ2n) is 3.36. The van der Waals surface area contributed by atoms with Gasteiger partial charge in [0, 0.05) is 12.6 Å². The van der Waals surface area contributed by atoms with E-state index < -0.39 is 0 Å². The summed E-state index contributed by atoms with van der Waals surface area (Å²) < 4.78 is 10.1. The highest BCUT2D eigenvalue weighted by Crippen LogP contribution is 2.24. The molecular formula is C11H13N3O2. The van der Waals surface area contributed by atoms with E-state index in [4.69, 9.17) is 9.26 Å². The van der Waals surface area contributed by atoms with E-state index in [2.05, 4.69) is 15.5 Å². The van der Waals surface area contributed by atoms with E-state index in [0.717, 1.165) is 16.9 Å². The third-order valence-electron chi connectivity index (χ3n) is 2.29. The topological polar surface area (TPSA) is 60.2 Å². The zero-order chi connectivity index (χ0) is 11.5. The molecule has 1 N–H and O–H groups in total. The number of anilines is 1. The van der Waals surface area contributed by atoms with Crippen LogP contribution in [0, 0.1) is 6.92 Å². The van der Waals surface area contributed by atoms with E-state index in [9.17, 15) is 0 Å². The van der Waals surface area contributed by atoms with Gasteiger partial charge in [0.15, 0.2) is 0 Å². The number of rotatable bonds is 3. The average Bonchev–Trinajstić information content (AvgIpc) is 2.77. The molecule has 2 aromatic rings. The average molecular weight is 219 g/mol. The number of hydrogen-bond acceptors (Lipinski definition) is 5. The first-order chi connectivity index (χ1) is 7.74. The lowest BCUT2D eigenvalue weighted by Gasteiger charge is -2.04. The quantitative estimate of drug-likeness (QED) is 0.856. The van der Waals surface area contributed by atoms with Crippen LogP contribution in [0.4, 0.5) is 6.01 Å². The van der Waals surface area contributed by atoms with Gasteiger partial charge in [0.25, 0.3) is 0 Å². The Bertz CT molecular complexity index is 494. The Hall–Kier alpha value is -2.04. The molecular weight excluding hydrogens is 206 g/mol. The number of nitrogens with zero attached hydrogens (tertiary/aromatic N) is 2. The molecule has 0 aliphatic rings. The van der Waals surface area contributed by atoms with Crippen LogP contribution in [0.25, 0.3) is 11.4 Å². The predicted octanol–water partition coefficient (Wildman–Crippen LogP) is 2.10. The first-order valence-corrected chi connectivity index (χ1v) is 4.91. The smallest absolute Gasteiger partial charge is 0.321 e. The first-order valence-electron chi connectivity index (χ1n) is 4.91. The second kappa shape index (κ2) is 4.22. The number of nitrogens with one attached hydrogen (secondary N) is 1. The molecule has 1 aromatic carbocycles. The van der Waals surface area contributed by atoms with Gasteiger partial charge >= 0.3 is 6.01 Å². The van der Waals surface area contributed by atoms with Crippen molar-refractivity contribution in [1.82, 2.24) is 10.1 Å². The van der Waals surface area contributed by atoms with Crippen LogP contribution in [0.15, 0.2) is 22.7 Å². The molecule has 0 radical (unpaired) electrons. The molecule has 0 aliphatic heterocycles. The normalized spacial score (nSPS) is 10.2. The van der Waals surface area contributed by atoms with Gasteiger partial charge in [-0.2, -0.15) is 4.98 Å². The SMILES string of the molecule is CNc1nc(-c2ccc(OC)c(C)c2)no1. The summed E-state index contributed by atoms with van der Waals surface area (Å²) in [5.41, 5.74) is 1.94. The van der Waals surface area contributed by atoms with Crippen LogP contribution in [0.3, 0.4) is 0 Å². The van der Waals surface area contributed by atoms with Crippen molar-refractivity contribution in [3.05, 3.63) is 23.8 Å². The molecule has 0 aliphatic carbocycles. The third-order valence-corrected chi connectivity index (χ3v) is 2.29. The highest BCUT2D eigenvalue weighted by molar-refractivity contribution is 5.59. The van der Waals surface area contributed by atoms with Crippen molar-refractivity contribution in [2.45, 2.75) is 6.92 Å². The van der Waals surface area contributed by atoms with Crippen LogP contribution in [-0.2, 0) is 0 Å². The molecule has 0 amide bonds. The summed E-state index contributed by atoms with van der Waals surface area (Å²) in [4.78, 5) is 4.17. The van der Waals surface area contributed by atoms with Crippen LogP contribution in [-0.4, -0.2) is 24.3 Å². The highest BCUT2D eigenvalue weighted by atomic mass is 16.5. The van der Waals surface area contributed by atoms with Crippen LogP contribution < -0.4 is 10.1 Å². The van der Waals surface area contributed by atoms with Gasteiger partial charge in [-0.3, -0.25) is 0 Å². The fourth-order valence-electron chi connectivity index (χ4n) is 1.46. The maximum atomic E-state index is 5.19. The van der Waals surface area contributed by atoms with E-state index in [1.54, 1.807) is 14.2 Å². The van der Waals surface area contributed by atoms with Crippen molar-refractivity contribution in [3.8, 4) is 17.1 Å². The van der Waals surface area contributed by atoms with Crippen LogP contribution >= 0.6 is 0 Å². The van der Waals surface area contributed by atoms with Gasteiger partial charge in [-0.1, -0.05) is 5.16 Å². The Morgan fingerprint density at radius 2 is 2.19 bits per heavy atom. The second-order valence-corrected chi connectivity index (χ2v) is 3.36. The zero-order valence-electron chi connectivity index (χ0n) is 9.44. The number of aromatic nitrogens is 2. The van der Waals surface area contributed by atoms with Gasteiger partial charge in [0.05, 0.1) is 7.11 Å². The van der Waals surface area contributed by atoms with Crippen molar-refractivity contribution in [3.63, 3.8) is 0 Å². The molecule has 0 fully saturated rings. The molecule has 0 spiro atoms. The Morgan fingerprint density at radius 3 is 2.75 bits per heavy atom. The largest absolute Gasteiger partial charge is 0.496 e. The number of benzene rings is 1. The number of aryl methyl sites for hydroxylation is 1. The molecule has 5 heteroatoms.